The second-order valence-electron chi connectivity index (χ2n) is 3.07. The molecule has 0 aliphatic rings. The molecule has 2 rings (SSSR count). The average molecular weight is 316 g/mol. The SMILES string of the molecule is Cc1ccccc1Cc1nsc(I)n1. The first-order chi connectivity index (χ1) is 6.75. The first-order valence-corrected chi connectivity index (χ1v) is 6.13. The van der Waals surface area contributed by atoms with Crippen LogP contribution in [0.25, 0.3) is 0 Å². The standard InChI is InChI=1S/C10H9IN2S/c1-7-4-2-3-5-8(7)6-9-12-10(11)14-13-9/h2-5H,6H2,1H3. The predicted octanol–water partition coefficient (Wildman–Crippen LogP) is 3.04. The van der Waals surface area contributed by atoms with E-state index in [-0.39, 0.29) is 0 Å². The van der Waals surface area contributed by atoms with Crippen LogP contribution in [-0.4, -0.2) is 9.36 Å². The normalized spacial score (nSPS) is 10.4. The van der Waals surface area contributed by atoms with Crippen molar-refractivity contribution in [1.29, 1.82) is 0 Å². The van der Waals surface area contributed by atoms with Gasteiger partial charge < -0.3 is 0 Å². The van der Waals surface area contributed by atoms with Gasteiger partial charge in [-0.15, -0.1) is 0 Å². The number of nitrogens with zero attached hydrogens (tertiary/aromatic N) is 2. The summed E-state index contributed by atoms with van der Waals surface area (Å²) in [6, 6.07) is 8.35. The number of benzene rings is 1. The van der Waals surface area contributed by atoms with E-state index in [0.717, 1.165) is 15.3 Å². The van der Waals surface area contributed by atoms with Crippen molar-refractivity contribution in [3.05, 3.63) is 44.2 Å². The second kappa shape index (κ2) is 4.35. The third-order valence-corrected chi connectivity index (χ3v) is 3.43. The van der Waals surface area contributed by atoms with Crippen molar-refractivity contribution in [2.24, 2.45) is 0 Å². The van der Waals surface area contributed by atoms with E-state index in [1.165, 1.54) is 22.7 Å². The summed E-state index contributed by atoms with van der Waals surface area (Å²) in [4.78, 5) is 4.34. The molecule has 0 saturated heterocycles. The second-order valence-corrected chi connectivity index (χ2v) is 5.57. The van der Waals surface area contributed by atoms with Crippen LogP contribution in [0.4, 0.5) is 0 Å². The Balaban J connectivity index is 2.23. The molecule has 0 fully saturated rings. The lowest BCUT2D eigenvalue weighted by molar-refractivity contribution is 1.02. The largest absolute Gasteiger partial charge is 0.213 e. The topological polar surface area (TPSA) is 25.8 Å². The molecule has 0 saturated carbocycles. The molecule has 2 nitrogen and oxygen atoms in total. The van der Waals surface area contributed by atoms with Gasteiger partial charge in [0.1, 0.15) is 5.82 Å². The van der Waals surface area contributed by atoms with Crippen LogP contribution in [0.3, 0.4) is 0 Å². The molecule has 0 unspecified atom stereocenters. The molecule has 1 aromatic carbocycles. The molecular weight excluding hydrogens is 307 g/mol. The highest BCUT2D eigenvalue weighted by atomic mass is 127. The number of hydrogen-bond donors (Lipinski definition) is 0. The highest BCUT2D eigenvalue weighted by molar-refractivity contribution is 14.1. The molecule has 0 amide bonds. The number of hydrogen-bond acceptors (Lipinski definition) is 3. The van der Waals surface area contributed by atoms with Crippen LogP contribution in [0.1, 0.15) is 17.0 Å². The van der Waals surface area contributed by atoms with E-state index in [0.29, 0.717) is 0 Å². The first kappa shape index (κ1) is 10.0. The van der Waals surface area contributed by atoms with Gasteiger partial charge in [0.15, 0.2) is 3.01 Å². The Labute approximate surface area is 101 Å². The molecule has 72 valence electrons. The Hall–Kier alpha value is -0.490. The quantitative estimate of drug-likeness (QED) is 0.796. The van der Waals surface area contributed by atoms with E-state index in [1.54, 1.807) is 0 Å². The van der Waals surface area contributed by atoms with E-state index in [4.69, 9.17) is 0 Å². The number of halogens is 1. The number of aryl methyl sites for hydroxylation is 1. The maximum absolute atomic E-state index is 4.34. The third kappa shape index (κ3) is 2.30. The zero-order valence-electron chi connectivity index (χ0n) is 7.70. The average Bonchev–Trinajstić information content (AvgIpc) is 2.56. The summed E-state index contributed by atoms with van der Waals surface area (Å²) >= 11 is 3.65. The Morgan fingerprint density at radius 2 is 2.14 bits per heavy atom. The summed E-state index contributed by atoms with van der Waals surface area (Å²) in [5.74, 6) is 0.925. The summed E-state index contributed by atoms with van der Waals surface area (Å²) in [6.07, 6.45) is 0.839. The van der Waals surface area contributed by atoms with Crippen LogP contribution in [-0.2, 0) is 6.42 Å². The fourth-order valence-electron chi connectivity index (χ4n) is 1.28. The van der Waals surface area contributed by atoms with E-state index in [1.807, 2.05) is 0 Å². The minimum atomic E-state index is 0.839. The van der Waals surface area contributed by atoms with Crippen molar-refractivity contribution in [1.82, 2.24) is 9.36 Å². The smallest absolute Gasteiger partial charge is 0.173 e. The van der Waals surface area contributed by atoms with Gasteiger partial charge in [-0.05, 0) is 52.2 Å². The highest BCUT2D eigenvalue weighted by Crippen LogP contribution is 2.14. The third-order valence-electron chi connectivity index (χ3n) is 2.05. The van der Waals surface area contributed by atoms with Crippen molar-refractivity contribution >= 4 is 34.1 Å². The maximum atomic E-state index is 4.34. The predicted molar refractivity (Wildman–Crippen MR) is 66.6 cm³/mol. The molecule has 1 heterocycles. The van der Waals surface area contributed by atoms with E-state index >= 15 is 0 Å². The molecular formula is C10H9IN2S. The minimum Gasteiger partial charge on any atom is -0.213 e. The van der Waals surface area contributed by atoms with Gasteiger partial charge in [0.2, 0.25) is 0 Å². The molecule has 0 spiro atoms. The Kier molecular flexibility index (Phi) is 3.12. The van der Waals surface area contributed by atoms with Gasteiger partial charge in [-0.25, -0.2) is 4.98 Å². The van der Waals surface area contributed by atoms with Crippen LogP contribution < -0.4 is 0 Å². The summed E-state index contributed by atoms with van der Waals surface area (Å²) in [6.45, 7) is 2.12. The van der Waals surface area contributed by atoms with Crippen LogP contribution in [0, 0.1) is 9.94 Å². The molecule has 4 heteroatoms. The fourth-order valence-corrected chi connectivity index (χ4v) is 2.29. The molecule has 0 aliphatic heterocycles. The van der Waals surface area contributed by atoms with Gasteiger partial charge in [0.05, 0.1) is 0 Å². The minimum absolute atomic E-state index is 0.839. The lowest BCUT2D eigenvalue weighted by Gasteiger charge is -2.01. The van der Waals surface area contributed by atoms with Crippen molar-refractivity contribution in [3.8, 4) is 0 Å². The molecule has 0 N–H and O–H groups in total. The molecule has 0 bridgehead atoms. The van der Waals surface area contributed by atoms with Crippen LogP contribution >= 0.6 is 34.1 Å². The fraction of sp³-hybridized carbons (Fsp3) is 0.200. The monoisotopic (exact) mass is 316 g/mol. The van der Waals surface area contributed by atoms with Crippen molar-refractivity contribution in [3.63, 3.8) is 0 Å². The summed E-state index contributed by atoms with van der Waals surface area (Å²) in [7, 11) is 0. The van der Waals surface area contributed by atoms with Crippen molar-refractivity contribution in [2.45, 2.75) is 13.3 Å². The van der Waals surface area contributed by atoms with Gasteiger partial charge >= 0.3 is 0 Å². The Morgan fingerprint density at radius 1 is 1.36 bits per heavy atom. The summed E-state index contributed by atoms with van der Waals surface area (Å²) < 4.78 is 5.28. The molecule has 2 aromatic rings. The lowest BCUT2D eigenvalue weighted by Crippen LogP contribution is -1.93. The van der Waals surface area contributed by atoms with Gasteiger partial charge in [-0.1, -0.05) is 24.3 Å². The highest BCUT2D eigenvalue weighted by Gasteiger charge is 2.04. The first-order valence-electron chi connectivity index (χ1n) is 4.28. The van der Waals surface area contributed by atoms with E-state index in [9.17, 15) is 0 Å². The van der Waals surface area contributed by atoms with Gasteiger partial charge in [0, 0.05) is 6.42 Å². The van der Waals surface area contributed by atoms with Gasteiger partial charge in [-0.2, -0.15) is 4.37 Å². The van der Waals surface area contributed by atoms with Crippen LogP contribution in [0.2, 0.25) is 0 Å². The molecule has 0 aliphatic carbocycles. The van der Waals surface area contributed by atoms with Gasteiger partial charge in [0.25, 0.3) is 0 Å². The number of rotatable bonds is 2. The number of aromatic nitrogens is 2. The Bertz CT molecular complexity index is 439. The molecule has 14 heavy (non-hydrogen) atoms. The van der Waals surface area contributed by atoms with Gasteiger partial charge in [-0.3, -0.25) is 0 Å². The lowest BCUT2D eigenvalue weighted by atomic mass is 10.1. The van der Waals surface area contributed by atoms with Crippen molar-refractivity contribution in [2.75, 3.05) is 0 Å². The molecule has 0 radical (unpaired) electrons. The molecule has 1 aromatic heterocycles. The van der Waals surface area contributed by atoms with Crippen LogP contribution in [0.15, 0.2) is 24.3 Å². The van der Waals surface area contributed by atoms with E-state index < -0.39 is 0 Å². The Morgan fingerprint density at radius 3 is 2.79 bits per heavy atom. The van der Waals surface area contributed by atoms with E-state index in [2.05, 4.69) is 63.1 Å². The zero-order chi connectivity index (χ0) is 9.97. The summed E-state index contributed by atoms with van der Waals surface area (Å²) in [5.41, 5.74) is 2.61. The molecule has 0 atom stereocenters. The summed E-state index contributed by atoms with van der Waals surface area (Å²) in [5, 5.41) is 0. The van der Waals surface area contributed by atoms with Crippen molar-refractivity contribution < 1.29 is 0 Å². The maximum Gasteiger partial charge on any atom is 0.173 e. The van der Waals surface area contributed by atoms with Crippen LogP contribution in [0.5, 0.6) is 0 Å². The zero-order valence-corrected chi connectivity index (χ0v) is 10.7.